The Hall–Kier alpha value is -1.69. The van der Waals surface area contributed by atoms with E-state index in [0.717, 1.165) is 51.4 Å². The molecule has 0 bridgehead atoms. The van der Waals surface area contributed by atoms with Crippen molar-refractivity contribution in [3.8, 4) is 0 Å². The fraction of sp³-hybridized carbons (Fsp3) is 0.688. The second kappa shape index (κ2) is 6.60. The first-order valence-corrected chi connectivity index (χ1v) is 8.01. The molecule has 0 radical (unpaired) electrons. The van der Waals surface area contributed by atoms with Crippen molar-refractivity contribution in [2.45, 2.75) is 25.7 Å². The third kappa shape index (κ3) is 3.21. The minimum atomic E-state index is 0.229. The quantitative estimate of drug-likeness (QED) is 0.840. The highest BCUT2D eigenvalue weighted by Crippen LogP contribution is 2.40. The number of amides is 1. The maximum Gasteiger partial charge on any atom is 0.225 e. The molecule has 1 aromatic heterocycles. The molecule has 1 spiro atoms. The number of likely N-dealkylation sites (tertiary alicyclic amines) is 1. The molecule has 0 aromatic carbocycles. The number of hydrogen-bond acceptors (Lipinski definition) is 5. The second-order valence-corrected chi connectivity index (χ2v) is 6.34. The summed E-state index contributed by atoms with van der Waals surface area (Å²) < 4.78 is 5.00. The van der Waals surface area contributed by atoms with Crippen LogP contribution in [0.25, 0.3) is 0 Å². The maximum absolute atomic E-state index is 12.1. The number of aromatic nitrogens is 2. The molecule has 2 aliphatic heterocycles. The summed E-state index contributed by atoms with van der Waals surface area (Å²) >= 11 is 0. The van der Waals surface area contributed by atoms with Crippen LogP contribution in [0.15, 0.2) is 18.5 Å². The van der Waals surface area contributed by atoms with Crippen LogP contribution >= 0.6 is 0 Å². The lowest BCUT2D eigenvalue weighted by atomic mass is 9.78. The zero-order valence-electron chi connectivity index (χ0n) is 13.2. The summed E-state index contributed by atoms with van der Waals surface area (Å²) in [6.45, 7) is 4.26. The molecule has 3 rings (SSSR count). The van der Waals surface area contributed by atoms with E-state index in [4.69, 9.17) is 4.74 Å². The number of nitrogens with zero attached hydrogens (tertiary/aromatic N) is 4. The summed E-state index contributed by atoms with van der Waals surface area (Å²) in [7, 11) is 1.64. The highest BCUT2D eigenvalue weighted by molar-refractivity contribution is 5.76. The zero-order valence-corrected chi connectivity index (χ0v) is 13.2. The fourth-order valence-corrected chi connectivity index (χ4v) is 3.54. The van der Waals surface area contributed by atoms with Crippen LogP contribution in [0.1, 0.15) is 25.7 Å². The van der Waals surface area contributed by atoms with Crippen LogP contribution in [-0.2, 0) is 9.53 Å². The maximum atomic E-state index is 12.1. The number of piperidine rings is 1. The average Bonchev–Trinajstić information content (AvgIpc) is 2.98. The predicted molar refractivity (Wildman–Crippen MR) is 83.6 cm³/mol. The van der Waals surface area contributed by atoms with Gasteiger partial charge in [-0.15, -0.1) is 0 Å². The van der Waals surface area contributed by atoms with Gasteiger partial charge in [0.15, 0.2) is 0 Å². The molecule has 2 aliphatic rings. The van der Waals surface area contributed by atoms with Gasteiger partial charge >= 0.3 is 0 Å². The van der Waals surface area contributed by atoms with Gasteiger partial charge in [-0.05, 0) is 30.7 Å². The summed E-state index contributed by atoms with van der Waals surface area (Å²) in [5.41, 5.74) is 0.300. The van der Waals surface area contributed by atoms with E-state index < -0.39 is 0 Å². The van der Waals surface area contributed by atoms with Gasteiger partial charge in [0.1, 0.15) is 0 Å². The molecule has 3 heterocycles. The van der Waals surface area contributed by atoms with E-state index in [1.165, 1.54) is 0 Å². The van der Waals surface area contributed by atoms with Crippen LogP contribution in [0.5, 0.6) is 0 Å². The van der Waals surface area contributed by atoms with Crippen LogP contribution < -0.4 is 4.90 Å². The molecule has 22 heavy (non-hydrogen) atoms. The van der Waals surface area contributed by atoms with E-state index in [1.54, 1.807) is 19.5 Å². The first kappa shape index (κ1) is 15.2. The lowest BCUT2D eigenvalue weighted by molar-refractivity contribution is -0.131. The van der Waals surface area contributed by atoms with E-state index in [-0.39, 0.29) is 5.91 Å². The van der Waals surface area contributed by atoms with Crippen LogP contribution in [-0.4, -0.2) is 60.7 Å². The predicted octanol–water partition coefficient (Wildman–Crippen LogP) is 1.33. The Morgan fingerprint density at radius 3 is 2.59 bits per heavy atom. The minimum absolute atomic E-state index is 0.229. The summed E-state index contributed by atoms with van der Waals surface area (Å²) in [6.07, 6.45) is 7.42. The topological polar surface area (TPSA) is 58.6 Å². The summed E-state index contributed by atoms with van der Waals surface area (Å²) in [4.78, 5) is 25.1. The largest absolute Gasteiger partial charge is 0.384 e. The molecule has 120 valence electrons. The number of rotatable bonds is 4. The third-order valence-electron chi connectivity index (χ3n) is 4.97. The SMILES string of the molecule is COCCC(=O)N1CCC2(CCN(c3ncccn3)CC2)C1. The lowest BCUT2D eigenvalue weighted by Crippen LogP contribution is -2.43. The average molecular weight is 304 g/mol. The lowest BCUT2D eigenvalue weighted by Gasteiger charge is -2.39. The summed E-state index contributed by atoms with van der Waals surface area (Å²) in [5, 5.41) is 0. The molecule has 0 saturated carbocycles. The van der Waals surface area contributed by atoms with Crippen molar-refractivity contribution in [3.63, 3.8) is 0 Å². The summed E-state index contributed by atoms with van der Waals surface area (Å²) in [5.74, 6) is 1.05. The van der Waals surface area contributed by atoms with Crippen molar-refractivity contribution in [1.82, 2.24) is 14.9 Å². The van der Waals surface area contributed by atoms with Crippen LogP contribution in [0.3, 0.4) is 0 Å². The number of ether oxygens (including phenoxy) is 1. The highest BCUT2D eigenvalue weighted by atomic mass is 16.5. The minimum Gasteiger partial charge on any atom is -0.384 e. The van der Waals surface area contributed by atoms with E-state index in [1.807, 2.05) is 11.0 Å². The van der Waals surface area contributed by atoms with Gasteiger partial charge in [0.25, 0.3) is 0 Å². The Kier molecular flexibility index (Phi) is 4.57. The molecule has 0 N–H and O–H groups in total. The smallest absolute Gasteiger partial charge is 0.225 e. The molecule has 1 amide bonds. The molecular weight excluding hydrogens is 280 g/mol. The van der Waals surface area contributed by atoms with Crippen molar-refractivity contribution in [2.75, 3.05) is 44.8 Å². The molecule has 6 nitrogen and oxygen atoms in total. The van der Waals surface area contributed by atoms with Crippen molar-refractivity contribution in [3.05, 3.63) is 18.5 Å². The molecule has 0 aliphatic carbocycles. The molecule has 0 atom stereocenters. The molecule has 1 aromatic rings. The van der Waals surface area contributed by atoms with Crippen molar-refractivity contribution in [1.29, 1.82) is 0 Å². The van der Waals surface area contributed by atoms with E-state index in [0.29, 0.717) is 18.4 Å². The monoisotopic (exact) mass is 304 g/mol. The Labute approximate surface area is 131 Å². The number of anilines is 1. The number of carbonyl (C=O) groups is 1. The van der Waals surface area contributed by atoms with Crippen LogP contribution in [0, 0.1) is 5.41 Å². The fourth-order valence-electron chi connectivity index (χ4n) is 3.54. The number of carbonyl (C=O) groups excluding carboxylic acids is 1. The number of methoxy groups -OCH3 is 1. The first-order valence-electron chi connectivity index (χ1n) is 8.01. The van der Waals surface area contributed by atoms with E-state index >= 15 is 0 Å². The van der Waals surface area contributed by atoms with E-state index in [9.17, 15) is 4.79 Å². The van der Waals surface area contributed by atoms with Gasteiger partial charge < -0.3 is 14.5 Å². The van der Waals surface area contributed by atoms with Crippen molar-refractivity contribution in [2.24, 2.45) is 5.41 Å². The molecule has 0 unspecified atom stereocenters. The van der Waals surface area contributed by atoms with Crippen LogP contribution in [0.2, 0.25) is 0 Å². The highest BCUT2D eigenvalue weighted by Gasteiger charge is 2.42. The second-order valence-electron chi connectivity index (χ2n) is 6.34. The third-order valence-corrected chi connectivity index (χ3v) is 4.97. The normalized spacial score (nSPS) is 20.6. The van der Waals surface area contributed by atoms with Gasteiger partial charge in [-0.2, -0.15) is 0 Å². The Balaban J connectivity index is 1.54. The van der Waals surface area contributed by atoms with E-state index in [2.05, 4.69) is 14.9 Å². The van der Waals surface area contributed by atoms with Gasteiger partial charge in [0, 0.05) is 45.7 Å². The Morgan fingerprint density at radius 1 is 1.23 bits per heavy atom. The molecule has 2 fully saturated rings. The Bertz CT molecular complexity index is 500. The van der Waals surface area contributed by atoms with Crippen molar-refractivity contribution >= 4 is 11.9 Å². The molecule has 2 saturated heterocycles. The number of hydrogen-bond donors (Lipinski definition) is 0. The van der Waals surface area contributed by atoms with Gasteiger partial charge in [-0.25, -0.2) is 9.97 Å². The molecule has 6 heteroatoms. The van der Waals surface area contributed by atoms with Gasteiger partial charge in [-0.3, -0.25) is 4.79 Å². The van der Waals surface area contributed by atoms with Gasteiger partial charge in [-0.1, -0.05) is 0 Å². The molecular formula is C16H24N4O2. The van der Waals surface area contributed by atoms with Crippen molar-refractivity contribution < 1.29 is 9.53 Å². The summed E-state index contributed by atoms with van der Waals surface area (Å²) in [6, 6.07) is 1.84. The van der Waals surface area contributed by atoms with Gasteiger partial charge in [0.2, 0.25) is 11.9 Å². The van der Waals surface area contributed by atoms with Crippen LogP contribution in [0.4, 0.5) is 5.95 Å². The zero-order chi connectivity index (χ0) is 15.4. The Morgan fingerprint density at radius 2 is 1.91 bits per heavy atom. The first-order chi connectivity index (χ1) is 10.7. The standard InChI is InChI=1S/C16H24N4O2/c1-22-12-3-14(21)20-11-6-16(13-20)4-9-19(10-5-16)15-17-7-2-8-18-15/h2,7-8H,3-6,9-13H2,1H3. The van der Waals surface area contributed by atoms with Gasteiger partial charge in [0.05, 0.1) is 13.0 Å².